The molecular weight excluding hydrogens is 226 g/mol. The zero-order chi connectivity index (χ0) is 13.3. The van der Waals surface area contributed by atoms with E-state index in [1.165, 1.54) is 11.1 Å². The highest BCUT2D eigenvalue weighted by atomic mass is 16.6. The Kier molecular flexibility index (Phi) is 3.53. The molecule has 0 atom stereocenters. The van der Waals surface area contributed by atoms with Crippen LogP contribution >= 0.6 is 0 Å². The lowest BCUT2D eigenvalue weighted by molar-refractivity contribution is 0.171. The maximum Gasteiger partial charge on any atom is 0.161 e. The van der Waals surface area contributed by atoms with Crippen molar-refractivity contribution in [3.8, 4) is 11.5 Å². The predicted molar refractivity (Wildman–Crippen MR) is 73.5 cm³/mol. The van der Waals surface area contributed by atoms with E-state index in [1.807, 2.05) is 13.8 Å². The topological polar surface area (TPSA) is 44.5 Å². The van der Waals surface area contributed by atoms with Gasteiger partial charge in [-0.1, -0.05) is 13.8 Å². The summed E-state index contributed by atoms with van der Waals surface area (Å²) in [7, 11) is 0. The third-order valence-electron chi connectivity index (χ3n) is 3.07. The van der Waals surface area contributed by atoms with Crippen LogP contribution in [0.3, 0.4) is 0 Å². The fourth-order valence-electron chi connectivity index (χ4n) is 2.33. The summed E-state index contributed by atoms with van der Waals surface area (Å²) < 4.78 is 11.3. The van der Waals surface area contributed by atoms with Crippen LogP contribution in [0, 0.1) is 0 Å². The standard InChI is InChI=1S/C15H23NO2/c1-10(2)12-8-14-13(17-5-6-18-14)7-11(12)9-15(3,4)16/h7-8,10H,5-6,9,16H2,1-4H3. The fourth-order valence-corrected chi connectivity index (χ4v) is 2.33. The molecule has 1 aliphatic heterocycles. The number of ether oxygens (including phenoxy) is 2. The van der Waals surface area contributed by atoms with Gasteiger partial charge in [0.2, 0.25) is 0 Å². The summed E-state index contributed by atoms with van der Waals surface area (Å²) in [6.07, 6.45) is 0.844. The van der Waals surface area contributed by atoms with Gasteiger partial charge in [0.15, 0.2) is 11.5 Å². The summed E-state index contributed by atoms with van der Waals surface area (Å²) >= 11 is 0. The maximum absolute atomic E-state index is 6.14. The van der Waals surface area contributed by atoms with Crippen molar-refractivity contribution >= 4 is 0 Å². The van der Waals surface area contributed by atoms with Crippen LogP contribution in [-0.2, 0) is 6.42 Å². The van der Waals surface area contributed by atoms with E-state index < -0.39 is 0 Å². The molecule has 0 fully saturated rings. The van der Waals surface area contributed by atoms with E-state index in [4.69, 9.17) is 15.2 Å². The monoisotopic (exact) mass is 249 g/mol. The fraction of sp³-hybridized carbons (Fsp3) is 0.600. The summed E-state index contributed by atoms with van der Waals surface area (Å²) in [5.74, 6) is 2.17. The first kappa shape index (κ1) is 13.2. The SMILES string of the molecule is CC(C)c1cc2c(cc1CC(C)(C)N)OCCO2. The van der Waals surface area contributed by atoms with Gasteiger partial charge >= 0.3 is 0 Å². The van der Waals surface area contributed by atoms with Gasteiger partial charge in [-0.2, -0.15) is 0 Å². The Morgan fingerprint density at radius 3 is 2.22 bits per heavy atom. The lowest BCUT2D eigenvalue weighted by atomic mass is 9.88. The largest absolute Gasteiger partial charge is 0.486 e. The van der Waals surface area contributed by atoms with Crippen LogP contribution in [0.4, 0.5) is 0 Å². The Bertz CT molecular complexity index is 433. The Hall–Kier alpha value is -1.22. The summed E-state index contributed by atoms with van der Waals surface area (Å²) in [4.78, 5) is 0. The number of hydrogen-bond acceptors (Lipinski definition) is 3. The van der Waals surface area contributed by atoms with Gasteiger partial charge in [0.05, 0.1) is 0 Å². The van der Waals surface area contributed by atoms with E-state index in [1.54, 1.807) is 0 Å². The molecule has 0 spiro atoms. The van der Waals surface area contributed by atoms with Crippen LogP contribution in [0.2, 0.25) is 0 Å². The molecule has 2 rings (SSSR count). The number of nitrogens with two attached hydrogens (primary N) is 1. The first-order chi connectivity index (χ1) is 8.37. The molecule has 100 valence electrons. The van der Waals surface area contributed by atoms with Gasteiger partial charge in [-0.25, -0.2) is 0 Å². The van der Waals surface area contributed by atoms with Gasteiger partial charge in [-0.05, 0) is 49.4 Å². The molecular formula is C15H23NO2. The third kappa shape index (κ3) is 2.96. The van der Waals surface area contributed by atoms with Crippen LogP contribution in [-0.4, -0.2) is 18.8 Å². The van der Waals surface area contributed by atoms with Gasteiger partial charge in [0.1, 0.15) is 13.2 Å². The predicted octanol–water partition coefficient (Wildman–Crippen LogP) is 2.86. The molecule has 0 saturated carbocycles. The lowest BCUT2D eigenvalue weighted by Crippen LogP contribution is -2.35. The normalized spacial score (nSPS) is 15.0. The second-order valence-electron chi connectivity index (χ2n) is 6.01. The van der Waals surface area contributed by atoms with E-state index in [2.05, 4.69) is 26.0 Å². The Morgan fingerprint density at radius 2 is 1.72 bits per heavy atom. The van der Waals surface area contributed by atoms with Gasteiger partial charge in [0.25, 0.3) is 0 Å². The molecule has 3 heteroatoms. The van der Waals surface area contributed by atoms with Crippen LogP contribution in [0.15, 0.2) is 12.1 Å². The van der Waals surface area contributed by atoms with Crippen LogP contribution in [0.25, 0.3) is 0 Å². The molecule has 0 saturated heterocycles. The number of hydrogen-bond donors (Lipinski definition) is 1. The molecule has 0 radical (unpaired) electrons. The smallest absolute Gasteiger partial charge is 0.161 e. The zero-order valence-corrected chi connectivity index (χ0v) is 11.7. The molecule has 0 aliphatic carbocycles. The molecule has 3 nitrogen and oxygen atoms in total. The lowest BCUT2D eigenvalue weighted by Gasteiger charge is -2.26. The summed E-state index contributed by atoms with van der Waals surface area (Å²) in [5.41, 5.74) is 8.49. The highest BCUT2D eigenvalue weighted by Crippen LogP contribution is 2.36. The number of rotatable bonds is 3. The Balaban J connectivity index is 2.42. The first-order valence-electron chi connectivity index (χ1n) is 6.58. The summed E-state index contributed by atoms with van der Waals surface area (Å²) in [5, 5.41) is 0. The molecule has 0 amide bonds. The highest BCUT2D eigenvalue weighted by Gasteiger charge is 2.21. The highest BCUT2D eigenvalue weighted by molar-refractivity contribution is 5.49. The van der Waals surface area contributed by atoms with E-state index in [9.17, 15) is 0 Å². The van der Waals surface area contributed by atoms with Crippen molar-refractivity contribution in [3.63, 3.8) is 0 Å². The molecule has 1 aromatic carbocycles. The van der Waals surface area contributed by atoms with Crippen LogP contribution in [0.5, 0.6) is 11.5 Å². The van der Waals surface area contributed by atoms with E-state index in [0.29, 0.717) is 19.1 Å². The molecule has 2 N–H and O–H groups in total. The Labute approximate surface area is 109 Å². The number of benzene rings is 1. The molecule has 0 bridgehead atoms. The molecule has 1 aliphatic rings. The van der Waals surface area contributed by atoms with Crippen molar-refractivity contribution in [2.24, 2.45) is 5.73 Å². The van der Waals surface area contributed by atoms with Crippen LogP contribution in [0.1, 0.15) is 44.7 Å². The van der Waals surface area contributed by atoms with Crippen molar-refractivity contribution in [2.75, 3.05) is 13.2 Å². The first-order valence-corrected chi connectivity index (χ1v) is 6.58. The van der Waals surface area contributed by atoms with Crippen molar-refractivity contribution < 1.29 is 9.47 Å². The molecule has 0 unspecified atom stereocenters. The minimum absolute atomic E-state index is 0.215. The average Bonchev–Trinajstić information content (AvgIpc) is 2.25. The number of fused-ring (bicyclic) bond motifs is 1. The minimum atomic E-state index is -0.215. The zero-order valence-electron chi connectivity index (χ0n) is 11.7. The summed E-state index contributed by atoms with van der Waals surface area (Å²) in [6.45, 7) is 9.74. The van der Waals surface area contributed by atoms with E-state index in [-0.39, 0.29) is 5.54 Å². The van der Waals surface area contributed by atoms with Crippen molar-refractivity contribution in [2.45, 2.75) is 45.6 Å². The quantitative estimate of drug-likeness (QED) is 0.896. The van der Waals surface area contributed by atoms with Gasteiger partial charge < -0.3 is 15.2 Å². The van der Waals surface area contributed by atoms with Gasteiger partial charge in [-0.15, -0.1) is 0 Å². The molecule has 1 heterocycles. The minimum Gasteiger partial charge on any atom is -0.486 e. The maximum atomic E-state index is 6.14. The van der Waals surface area contributed by atoms with E-state index in [0.717, 1.165) is 17.9 Å². The van der Waals surface area contributed by atoms with Crippen LogP contribution < -0.4 is 15.2 Å². The van der Waals surface area contributed by atoms with Gasteiger partial charge in [-0.3, -0.25) is 0 Å². The molecule has 0 aromatic heterocycles. The summed E-state index contributed by atoms with van der Waals surface area (Å²) in [6, 6.07) is 4.21. The second-order valence-corrected chi connectivity index (χ2v) is 6.01. The Morgan fingerprint density at radius 1 is 1.17 bits per heavy atom. The second kappa shape index (κ2) is 4.81. The third-order valence-corrected chi connectivity index (χ3v) is 3.07. The van der Waals surface area contributed by atoms with Gasteiger partial charge in [0, 0.05) is 5.54 Å². The van der Waals surface area contributed by atoms with Crippen molar-refractivity contribution in [1.29, 1.82) is 0 Å². The average molecular weight is 249 g/mol. The van der Waals surface area contributed by atoms with E-state index >= 15 is 0 Å². The van der Waals surface area contributed by atoms with Crippen molar-refractivity contribution in [3.05, 3.63) is 23.3 Å². The molecule has 1 aromatic rings. The van der Waals surface area contributed by atoms with Crippen molar-refractivity contribution in [1.82, 2.24) is 0 Å². The molecule has 18 heavy (non-hydrogen) atoms.